The molecule has 2 aliphatic rings. The number of morpholine rings is 1. The third-order valence-corrected chi connectivity index (χ3v) is 10.2. The highest BCUT2D eigenvalue weighted by atomic mass is 35.5. The first kappa shape index (κ1) is 26.5. The standard InChI is InChI=1S/C26H31ClN4O4S2/c27-21-6-8-22(9-7-21)37(33,34)30-14-10-20(11-15-30)25(32)31(13-3-12-29-16-18-35-19-17-29)26-28-23-4-1-2-5-24(23)36-26/h1-2,4-9,20H,3,10-19H2. The Morgan fingerprint density at radius 3 is 2.46 bits per heavy atom. The van der Waals surface area contributed by atoms with E-state index in [-0.39, 0.29) is 16.7 Å². The molecule has 0 saturated carbocycles. The van der Waals surface area contributed by atoms with Crippen LogP contribution in [-0.4, -0.2) is 81.0 Å². The number of halogens is 1. The summed E-state index contributed by atoms with van der Waals surface area (Å²) >= 11 is 7.45. The predicted molar refractivity (Wildman–Crippen MR) is 147 cm³/mol. The fourth-order valence-corrected chi connectivity index (χ4v) is 7.46. The third-order valence-electron chi connectivity index (χ3n) is 6.99. The normalized spacial score (nSPS) is 18.3. The number of piperidine rings is 1. The summed E-state index contributed by atoms with van der Waals surface area (Å²) in [5.41, 5.74) is 0.886. The molecule has 0 bridgehead atoms. The summed E-state index contributed by atoms with van der Waals surface area (Å²) in [6.07, 6.45) is 1.80. The highest BCUT2D eigenvalue weighted by Crippen LogP contribution is 2.32. The molecule has 1 aromatic heterocycles. The summed E-state index contributed by atoms with van der Waals surface area (Å²) in [7, 11) is -3.62. The lowest BCUT2D eigenvalue weighted by Crippen LogP contribution is -2.45. The number of sulfonamides is 1. The molecular formula is C26H31ClN4O4S2. The predicted octanol–water partition coefficient (Wildman–Crippen LogP) is 4.11. The first-order valence-corrected chi connectivity index (χ1v) is 15.3. The highest BCUT2D eigenvalue weighted by molar-refractivity contribution is 7.89. The average molecular weight is 563 g/mol. The molecule has 2 aromatic carbocycles. The molecule has 198 valence electrons. The molecule has 3 aromatic rings. The molecule has 2 aliphatic heterocycles. The van der Waals surface area contributed by atoms with Crippen molar-refractivity contribution in [2.24, 2.45) is 5.92 Å². The molecule has 2 saturated heterocycles. The molecule has 0 atom stereocenters. The lowest BCUT2D eigenvalue weighted by atomic mass is 9.96. The zero-order chi connectivity index (χ0) is 25.8. The Morgan fingerprint density at radius 2 is 1.76 bits per heavy atom. The van der Waals surface area contributed by atoms with Gasteiger partial charge in [-0.3, -0.25) is 14.6 Å². The van der Waals surface area contributed by atoms with Gasteiger partial charge in [-0.25, -0.2) is 13.4 Å². The maximum Gasteiger partial charge on any atom is 0.243 e. The maximum atomic E-state index is 13.8. The van der Waals surface area contributed by atoms with Gasteiger partial charge in [-0.05, 0) is 55.7 Å². The third kappa shape index (κ3) is 6.16. The van der Waals surface area contributed by atoms with Gasteiger partial charge in [0.1, 0.15) is 0 Å². The largest absolute Gasteiger partial charge is 0.379 e. The minimum absolute atomic E-state index is 0.0320. The zero-order valence-electron chi connectivity index (χ0n) is 20.6. The SMILES string of the molecule is O=C(C1CCN(S(=O)(=O)c2ccc(Cl)cc2)CC1)N(CCCN1CCOCC1)c1nc2ccccc2s1. The summed E-state index contributed by atoms with van der Waals surface area (Å²) in [5.74, 6) is -0.211. The first-order chi connectivity index (χ1) is 17.9. The van der Waals surface area contributed by atoms with E-state index in [1.54, 1.807) is 12.1 Å². The molecule has 1 amide bonds. The van der Waals surface area contributed by atoms with Gasteiger partial charge in [-0.15, -0.1) is 0 Å². The Labute approximate surface area is 226 Å². The number of hydrogen-bond donors (Lipinski definition) is 0. The minimum atomic E-state index is -3.62. The number of aromatic nitrogens is 1. The second kappa shape index (κ2) is 11.8. The Hall–Kier alpha value is -2.08. The Morgan fingerprint density at radius 1 is 1.05 bits per heavy atom. The van der Waals surface area contributed by atoms with Gasteiger partial charge in [0.2, 0.25) is 15.9 Å². The maximum absolute atomic E-state index is 13.8. The van der Waals surface area contributed by atoms with Crippen molar-refractivity contribution in [1.29, 1.82) is 0 Å². The van der Waals surface area contributed by atoms with Crippen LogP contribution in [0.4, 0.5) is 5.13 Å². The van der Waals surface area contributed by atoms with E-state index in [4.69, 9.17) is 21.3 Å². The first-order valence-electron chi connectivity index (χ1n) is 12.6. The molecule has 2 fully saturated rings. The van der Waals surface area contributed by atoms with E-state index in [0.717, 1.165) is 49.5 Å². The molecule has 0 aliphatic carbocycles. The number of benzene rings is 2. The number of thiazole rings is 1. The molecule has 0 spiro atoms. The van der Waals surface area contributed by atoms with Crippen molar-refractivity contribution < 1.29 is 17.9 Å². The van der Waals surface area contributed by atoms with Crippen molar-refractivity contribution in [2.45, 2.75) is 24.2 Å². The monoisotopic (exact) mass is 562 g/mol. The zero-order valence-corrected chi connectivity index (χ0v) is 23.0. The van der Waals surface area contributed by atoms with Crippen LogP contribution in [0.5, 0.6) is 0 Å². The number of para-hydroxylation sites is 1. The number of amides is 1. The van der Waals surface area contributed by atoms with Crippen LogP contribution in [0.3, 0.4) is 0 Å². The minimum Gasteiger partial charge on any atom is -0.379 e. The molecule has 0 unspecified atom stereocenters. The van der Waals surface area contributed by atoms with Crippen molar-refractivity contribution in [3.8, 4) is 0 Å². The van der Waals surface area contributed by atoms with E-state index < -0.39 is 10.0 Å². The molecule has 5 rings (SSSR count). The Kier molecular flexibility index (Phi) is 8.43. The fraction of sp³-hybridized carbons (Fsp3) is 0.462. The molecular weight excluding hydrogens is 532 g/mol. The van der Waals surface area contributed by atoms with Crippen LogP contribution in [0.15, 0.2) is 53.4 Å². The average Bonchev–Trinajstić information content (AvgIpc) is 3.36. The molecule has 0 N–H and O–H groups in total. The van der Waals surface area contributed by atoms with E-state index in [0.29, 0.717) is 42.6 Å². The van der Waals surface area contributed by atoms with Gasteiger partial charge in [0.05, 0.1) is 28.3 Å². The lowest BCUT2D eigenvalue weighted by Gasteiger charge is -2.33. The molecule has 11 heteroatoms. The number of carbonyl (C=O) groups excluding carboxylic acids is 1. The number of carbonyl (C=O) groups is 1. The van der Waals surface area contributed by atoms with Crippen LogP contribution >= 0.6 is 22.9 Å². The fourth-order valence-electron chi connectivity index (χ4n) is 4.87. The smallest absolute Gasteiger partial charge is 0.243 e. The Bertz CT molecular complexity index is 1280. The van der Waals surface area contributed by atoms with Crippen LogP contribution in [0, 0.1) is 5.92 Å². The summed E-state index contributed by atoms with van der Waals surface area (Å²) in [5, 5.41) is 1.20. The lowest BCUT2D eigenvalue weighted by molar-refractivity contribution is -0.123. The Balaban J connectivity index is 1.27. The number of nitrogens with zero attached hydrogens (tertiary/aromatic N) is 4. The second-order valence-electron chi connectivity index (χ2n) is 9.39. The van der Waals surface area contributed by atoms with Gasteiger partial charge in [0.25, 0.3) is 0 Å². The summed E-state index contributed by atoms with van der Waals surface area (Å²) in [4.78, 5) is 23.0. The number of fused-ring (bicyclic) bond motifs is 1. The van der Waals surface area contributed by atoms with Gasteiger partial charge in [-0.2, -0.15) is 4.31 Å². The summed E-state index contributed by atoms with van der Waals surface area (Å²) in [6.45, 7) is 5.42. The summed E-state index contributed by atoms with van der Waals surface area (Å²) in [6, 6.07) is 14.1. The van der Waals surface area contributed by atoms with E-state index >= 15 is 0 Å². The van der Waals surface area contributed by atoms with Crippen LogP contribution in [0.2, 0.25) is 5.02 Å². The van der Waals surface area contributed by atoms with Crippen LogP contribution in [0.25, 0.3) is 10.2 Å². The number of ether oxygens (including phenoxy) is 1. The van der Waals surface area contributed by atoms with Crippen molar-refractivity contribution in [2.75, 3.05) is 57.4 Å². The van der Waals surface area contributed by atoms with Crippen molar-refractivity contribution >= 4 is 54.2 Å². The van der Waals surface area contributed by atoms with Crippen molar-refractivity contribution in [3.05, 3.63) is 53.6 Å². The number of hydrogen-bond acceptors (Lipinski definition) is 7. The highest BCUT2D eigenvalue weighted by Gasteiger charge is 2.35. The summed E-state index contributed by atoms with van der Waals surface area (Å²) < 4.78 is 34.1. The molecule has 8 nitrogen and oxygen atoms in total. The van der Waals surface area contributed by atoms with Gasteiger partial charge in [-0.1, -0.05) is 35.1 Å². The second-order valence-corrected chi connectivity index (χ2v) is 12.8. The topological polar surface area (TPSA) is 83.1 Å². The van der Waals surface area contributed by atoms with Gasteiger partial charge >= 0.3 is 0 Å². The number of anilines is 1. The van der Waals surface area contributed by atoms with Crippen LogP contribution in [-0.2, 0) is 19.6 Å². The molecule has 37 heavy (non-hydrogen) atoms. The van der Waals surface area contributed by atoms with E-state index in [9.17, 15) is 13.2 Å². The van der Waals surface area contributed by atoms with Crippen LogP contribution in [0.1, 0.15) is 19.3 Å². The van der Waals surface area contributed by atoms with Crippen molar-refractivity contribution in [3.63, 3.8) is 0 Å². The quantitative estimate of drug-likeness (QED) is 0.411. The van der Waals surface area contributed by atoms with Gasteiger partial charge < -0.3 is 4.74 Å². The van der Waals surface area contributed by atoms with E-state index in [1.165, 1.54) is 27.8 Å². The van der Waals surface area contributed by atoms with Gasteiger partial charge in [0, 0.05) is 50.2 Å². The molecule has 0 radical (unpaired) electrons. The molecule has 3 heterocycles. The van der Waals surface area contributed by atoms with E-state index in [1.807, 2.05) is 29.2 Å². The number of rotatable bonds is 8. The van der Waals surface area contributed by atoms with Crippen molar-refractivity contribution in [1.82, 2.24) is 14.2 Å². The van der Waals surface area contributed by atoms with Crippen LogP contribution < -0.4 is 4.90 Å². The van der Waals surface area contributed by atoms with Gasteiger partial charge in [0.15, 0.2) is 5.13 Å². The van der Waals surface area contributed by atoms with E-state index in [2.05, 4.69) is 4.90 Å².